The van der Waals surface area contributed by atoms with Crippen LogP contribution in [-0.2, 0) is 9.59 Å². The first-order valence-corrected chi connectivity index (χ1v) is 5.31. The zero-order valence-corrected chi connectivity index (χ0v) is 9.46. The number of hydrazone groups is 1. The van der Waals surface area contributed by atoms with E-state index in [1.54, 1.807) is 11.0 Å². The lowest BCUT2D eigenvalue weighted by Gasteiger charge is -2.33. The summed E-state index contributed by atoms with van der Waals surface area (Å²) >= 11 is 0. The van der Waals surface area contributed by atoms with Crippen LogP contribution in [0.1, 0.15) is 13.3 Å². The van der Waals surface area contributed by atoms with Crippen molar-refractivity contribution in [3.63, 3.8) is 0 Å². The van der Waals surface area contributed by atoms with Gasteiger partial charge in [0.25, 0.3) is 5.91 Å². The lowest BCUT2D eigenvalue weighted by atomic mass is 10.2. The van der Waals surface area contributed by atoms with Gasteiger partial charge >= 0.3 is 5.97 Å². The van der Waals surface area contributed by atoms with Crippen molar-refractivity contribution in [2.45, 2.75) is 13.3 Å². The topological polar surface area (TPSA) is 73.2 Å². The summed E-state index contributed by atoms with van der Waals surface area (Å²) in [6, 6.07) is 0. The van der Waals surface area contributed by atoms with E-state index in [9.17, 15) is 9.59 Å². The molecule has 2 heterocycles. The number of aliphatic carboxylic acids is 1. The summed E-state index contributed by atoms with van der Waals surface area (Å²) in [7, 11) is 0. The largest absolute Gasteiger partial charge is 0.481 e. The van der Waals surface area contributed by atoms with Crippen molar-refractivity contribution in [3.05, 3.63) is 23.9 Å². The van der Waals surface area contributed by atoms with Crippen LogP contribution < -0.4 is 0 Å². The molecule has 0 spiro atoms. The molecule has 6 heteroatoms. The van der Waals surface area contributed by atoms with Gasteiger partial charge in [-0.1, -0.05) is 6.08 Å². The van der Waals surface area contributed by atoms with Gasteiger partial charge in [0.05, 0.1) is 13.0 Å². The minimum Gasteiger partial charge on any atom is -0.481 e. The SMILES string of the molecule is CC1=CC=CC2=NN(CCC(=O)O)C(=O)CN12. The average Bonchev–Trinajstić information content (AvgIpc) is 2.28. The predicted octanol–water partition coefficient (Wildman–Crippen LogP) is 0.392. The van der Waals surface area contributed by atoms with Gasteiger partial charge in [-0.15, -0.1) is 0 Å². The van der Waals surface area contributed by atoms with Gasteiger partial charge in [0.2, 0.25) is 0 Å². The molecule has 17 heavy (non-hydrogen) atoms. The van der Waals surface area contributed by atoms with E-state index in [0.29, 0.717) is 5.84 Å². The van der Waals surface area contributed by atoms with Crippen LogP contribution in [0, 0.1) is 0 Å². The maximum atomic E-state index is 11.7. The molecule has 0 bridgehead atoms. The molecule has 0 unspecified atom stereocenters. The number of carboxylic acid groups (broad SMARTS) is 1. The molecule has 0 aromatic heterocycles. The van der Waals surface area contributed by atoms with Gasteiger partial charge in [-0.2, -0.15) is 5.10 Å². The fourth-order valence-corrected chi connectivity index (χ4v) is 1.70. The first-order valence-electron chi connectivity index (χ1n) is 5.31. The normalized spacial score (nSPS) is 18.8. The van der Waals surface area contributed by atoms with E-state index in [1.165, 1.54) is 5.01 Å². The summed E-state index contributed by atoms with van der Waals surface area (Å²) in [4.78, 5) is 24.0. The van der Waals surface area contributed by atoms with Gasteiger partial charge < -0.3 is 10.0 Å². The highest BCUT2D eigenvalue weighted by Gasteiger charge is 2.27. The maximum absolute atomic E-state index is 11.7. The number of amides is 1. The fraction of sp³-hybridized carbons (Fsp3) is 0.364. The molecule has 0 saturated heterocycles. The molecule has 0 fully saturated rings. The van der Waals surface area contributed by atoms with E-state index in [2.05, 4.69) is 5.10 Å². The molecule has 1 N–H and O–H groups in total. The highest BCUT2D eigenvalue weighted by atomic mass is 16.4. The summed E-state index contributed by atoms with van der Waals surface area (Å²) in [6.45, 7) is 2.23. The van der Waals surface area contributed by atoms with Crippen molar-refractivity contribution in [1.82, 2.24) is 9.91 Å². The summed E-state index contributed by atoms with van der Waals surface area (Å²) in [5, 5.41) is 14.0. The highest BCUT2D eigenvalue weighted by Crippen LogP contribution is 2.16. The first-order chi connectivity index (χ1) is 8.08. The molecule has 0 aromatic rings. The number of carbonyl (C=O) groups is 2. The maximum Gasteiger partial charge on any atom is 0.305 e. The zero-order chi connectivity index (χ0) is 12.4. The molecule has 6 nitrogen and oxygen atoms in total. The summed E-state index contributed by atoms with van der Waals surface area (Å²) in [5.41, 5.74) is 0.956. The Bertz CT molecular complexity index is 451. The number of allylic oxidation sites excluding steroid dienone is 3. The van der Waals surface area contributed by atoms with Gasteiger partial charge in [0.1, 0.15) is 6.54 Å². The second-order valence-electron chi connectivity index (χ2n) is 3.87. The Labute approximate surface area is 98.5 Å². The van der Waals surface area contributed by atoms with Crippen molar-refractivity contribution >= 4 is 17.7 Å². The Balaban J connectivity index is 2.14. The molecule has 0 aromatic carbocycles. The molecular weight excluding hydrogens is 222 g/mol. The van der Waals surface area contributed by atoms with Crippen molar-refractivity contribution in [2.75, 3.05) is 13.1 Å². The Kier molecular flexibility index (Phi) is 2.95. The molecule has 2 aliphatic rings. The van der Waals surface area contributed by atoms with Gasteiger partial charge in [0, 0.05) is 5.70 Å². The van der Waals surface area contributed by atoms with Crippen LogP contribution in [0.5, 0.6) is 0 Å². The van der Waals surface area contributed by atoms with E-state index in [4.69, 9.17) is 5.11 Å². The molecule has 0 atom stereocenters. The minimum absolute atomic E-state index is 0.0962. The summed E-state index contributed by atoms with van der Waals surface area (Å²) in [6.07, 6.45) is 5.46. The molecule has 0 aliphatic carbocycles. The average molecular weight is 235 g/mol. The number of hydrogen-bond donors (Lipinski definition) is 1. The van der Waals surface area contributed by atoms with Crippen LogP contribution in [-0.4, -0.2) is 45.8 Å². The van der Waals surface area contributed by atoms with E-state index < -0.39 is 5.97 Å². The van der Waals surface area contributed by atoms with E-state index in [0.717, 1.165) is 5.70 Å². The van der Waals surface area contributed by atoms with Crippen LogP contribution in [0.2, 0.25) is 0 Å². The predicted molar refractivity (Wildman–Crippen MR) is 61.0 cm³/mol. The number of fused-ring (bicyclic) bond motifs is 1. The molecule has 0 saturated carbocycles. The standard InChI is InChI=1S/C11H13N3O3/c1-8-3-2-4-9-12-14(6-5-11(16)17)10(15)7-13(8)9/h2-4H,5-7H2,1H3,(H,16,17). The lowest BCUT2D eigenvalue weighted by Crippen LogP contribution is -2.46. The third-order valence-corrected chi connectivity index (χ3v) is 2.63. The molecule has 90 valence electrons. The van der Waals surface area contributed by atoms with E-state index in [-0.39, 0.29) is 25.4 Å². The third kappa shape index (κ3) is 2.35. The quantitative estimate of drug-likeness (QED) is 0.768. The van der Waals surface area contributed by atoms with Gasteiger partial charge in [-0.05, 0) is 19.1 Å². The van der Waals surface area contributed by atoms with Gasteiger partial charge in [0.15, 0.2) is 5.84 Å². The molecule has 1 amide bonds. The number of nitrogens with zero attached hydrogens (tertiary/aromatic N) is 3. The third-order valence-electron chi connectivity index (χ3n) is 2.63. The molecule has 2 rings (SSSR count). The first kappa shape index (κ1) is 11.4. The Hall–Kier alpha value is -2.11. The summed E-state index contributed by atoms with van der Waals surface area (Å²) < 4.78 is 0. The number of carboxylic acids is 1. The van der Waals surface area contributed by atoms with Gasteiger partial charge in [-0.25, -0.2) is 5.01 Å². The fourth-order valence-electron chi connectivity index (χ4n) is 1.70. The molecule has 0 radical (unpaired) electrons. The van der Waals surface area contributed by atoms with Crippen molar-refractivity contribution in [1.29, 1.82) is 0 Å². The number of rotatable bonds is 3. The lowest BCUT2D eigenvalue weighted by molar-refractivity contribution is -0.138. The molecule has 2 aliphatic heterocycles. The van der Waals surface area contributed by atoms with E-state index >= 15 is 0 Å². The van der Waals surface area contributed by atoms with Crippen molar-refractivity contribution < 1.29 is 14.7 Å². The zero-order valence-electron chi connectivity index (χ0n) is 9.46. The smallest absolute Gasteiger partial charge is 0.305 e. The van der Waals surface area contributed by atoms with Crippen LogP contribution in [0.25, 0.3) is 0 Å². The number of carbonyl (C=O) groups excluding carboxylic acids is 1. The Morgan fingerprint density at radius 3 is 3.06 bits per heavy atom. The van der Waals surface area contributed by atoms with Crippen LogP contribution in [0.4, 0.5) is 0 Å². The number of hydrogen-bond acceptors (Lipinski definition) is 4. The van der Waals surface area contributed by atoms with Crippen molar-refractivity contribution in [3.8, 4) is 0 Å². The molecular formula is C11H13N3O3. The van der Waals surface area contributed by atoms with E-state index in [1.807, 2.05) is 19.1 Å². The van der Waals surface area contributed by atoms with Crippen LogP contribution in [0.15, 0.2) is 29.0 Å². The highest BCUT2D eigenvalue weighted by molar-refractivity contribution is 6.00. The minimum atomic E-state index is -0.935. The van der Waals surface area contributed by atoms with Crippen molar-refractivity contribution in [2.24, 2.45) is 5.10 Å². The second-order valence-corrected chi connectivity index (χ2v) is 3.87. The summed E-state index contributed by atoms with van der Waals surface area (Å²) in [5.74, 6) is -0.441. The number of amidine groups is 1. The Morgan fingerprint density at radius 2 is 2.35 bits per heavy atom. The van der Waals surface area contributed by atoms with Crippen LogP contribution >= 0.6 is 0 Å². The van der Waals surface area contributed by atoms with Gasteiger partial charge in [-0.3, -0.25) is 9.59 Å². The second kappa shape index (κ2) is 4.40. The monoisotopic (exact) mass is 235 g/mol. The van der Waals surface area contributed by atoms with Crippen LogP contribution in [0.3, 0.4) is 0 Å². The Morgan fingerprint density at radius 1 is 1.59 bits per heavy atom.